The smallest absolute Gasteiger partial charge is 0.231 e. The third-order valence-corrected chi connectivity index (χ3v) is 7.17. The number of aryl methyl sites for hydroxylation is 1. The normalized spacial score (nSPS) is 11.6. The van der Waals surface area contributed by atoms with Crippen LogP contribution in [0.3, 0.4) is 0 Å². The largest absolute Gasteiger partial charge is 0.489 e. The van der Waals surface area contributed by atoms with Crippen LogP contribution in [-0.4, -0.2) is 12.2 Å². The third-order valence-electron chi connectivity index (χ3n) is 7.17. The second-order valence-corrected chi connectivity index (χ2v) is 9.82. The summed E-state index contributed by atoms with van der Waals surface area (Å²) in [5, 5.41) is 5.38. The Morgan fingerprint density at radius 1 is 0.846 bits per heavy atom. The van der Waals surface area contributed by atoms with Crippen molar-refractivity contribution in [3.05, 3.63) is 143 Å². The van der Waals surface area contributed by atoms with E-state index in [2.05, 4.69) is 23.5 Å². The SMILES string of the molecule is Cc1ccccc1OCc1ccc(Cc2ccccc2C=O)c(NC(=O)C(C)c2cccc3ccccc23)c1. The molecule has 0 spiro atoms. The van der Waals surface area contributed by atoms with Crippen LogP contribution in [0, 0.1) is 6.92 Å². The molecule has 4 nitrogen and oxygen atoms in total. The van der Waals surface area contributed by atoms with Crippen LogP contribution in [0.25, 0.3) is 10.8 Å². The van der Waals surface area contributed by atoms with Crippen LogP contribution in [-0.2, 0) is 17.8 Å². The van der Waals surface area contributed by atoms with Crippen molar-refractivity contribution < 1.29 is 14.3 Å². The summed E-state index contributed by atoms with van der Waals surface area (Å²) in [6.07, 6.45) is 1.40. The second kappa shape index (κ2) is 11.8. The van der Waals surface area contributed by atoms with Crippen molar-refractivity contribution in [3.8, 4) is 5.75 Å². The Morgan fingerprint density at radius 2 is 1.59 bits per heavy atom. The Kier molecular flexibility index (Phi) is 7.83. The molecule has 0 aliphatic carbocycles. The lowest BCUT2D eigenvalue weighted by Gasteiger charge is -2.18. The zero-order valence-corrected chi connectivity index (χ0v) is 22.2. The molecule has 5 rings (SSSR count). The highest BCUT2D eigenvalue weighted by molar-refractivity contribution is 5.99. The second-order valence-electron chi connectivity index (χ2n) is 9.82. The number of carbonyl (C=O) groups excluding carboxylic acids is 2. The monoisotopic (exact) mass is 513 g/mol. The van der Waals surface area contributed by atoms with Crippen LogP contribution in [0.5, 0.6) is 5.75 Å². The molecule has 0 heterocycles. The minimum atomic E-state index is -0.363. The zero-order chi connectivity index (χ0) is 27.2. The molecular formula is C35H31NO3. The molecule has 1 amide bonds. The summed E-state index contributed by atoms with van der Waals surface area (Å²) in [5.74, 6) is 0.378. The van der Waals surface area contributed by atoms with E-state index in [1.807, 2.05) is 105 Å². The molecule has 0 radical (unpaired) electrons. The molecule has 0 saturated carbocycles. The van der Waals surface area contributed by atoms with E-state index in [1.54, 1.807) is 0 Å². The summed E-state index contributed by atoms with van der Waals surface area (Å²) in [6, 6.07) is 35.6. The highest BCUT2D eigenvalue weighted by atomic mass is 16.5. The Hall–Kier alpha value is -4.70. The molecular weight excluding hydrogens is 482 g/mol. The molecule has 0 aliphatic rings. The highest BCUT2D eigenvalue weighted by Gasteiger charge is 2.19. The van der Waals surface area contributed by atoms with Gasteiger partial charge in [-0.1, -0.05) is 97.1 Å². The molecule has 0 aromatic heterocycles. The van der Waals surface area contributed by atoms with Gasteiger partial charge in [-0.15, -0.1) is 0 Å². The van der Waals surface area contributed by atoms with Gasteiger partial charge in [0.1, 0.15) is 18.6 Å². The van der Waals surface area contributed by atoms with E-state index in [1.165, 1.54) is 0 Å². The maximum absolute atomic E-state index is 13.6. The van der Waals surface area contributed by atoms with E-state index in [4.69, 9.17) is 4.74 Å². The predicted molar refractivity (Wildman–Crippen MR) is 158 cm³/mol. The Morgan fingerprint density at radius 3 is 2.44 bits per heavy atom. The number of ether oxygens (including phenoxy) is 1. The lowest BCUT2D eigenvalue weighted by atomic mass is 9.93. The lowest BCUT2D eigenvalue weighted by Crippen LogP contribution is -2.20. The molecule has 0 bridgehead atoms. The standard InChI is InChI=1S/C35H31NO3/c1-24-10-3-8-17-34(24)39-23-26-18-19-29(21-28-12-4-5-13-30(28)22-37)33(20-26)36-35(38)25(2)31-16-9-14-27-11-6-7-15-32(27)31/h3-20,22,25H,21,23H2,1-2H3,(H,36,38). The summed E-state index contributed by atoms with van der Waals surface area (Å²) in [6.45, 7) is 4.32. The molecule has 39 heavy (non-hydrogen) atoms. The first kappa shape index (κ1) is 25.9. The van der Waals surface area contributed by atoms with Gasteiger partial charge < -0.3 is 10.1 Å². The Labute approximate surface area is 229 Å². The van der Waals surface area contributed by atoms with Gasteiger partial charge in [0.15, 0.2) is 0 Å². The zero-order valence-electron chi connectivity index (χ0n) is 22.2. The molecule has 194 valence electrons. The summed E-state index contributed by atoms with van der Waals surface area (Å²) < 4.78 is 6.08. The number of anilines is 1. The summed E-state index contributed by atoms with van der Waals surface area (Å²) >= 11 is 0. The Bertz CT molecular complexity index is 1630. The van der Waals surface area contributed by atoms with Crippen molar-refractivity contribution in [2.24, 2.45) is 0 Å². The summed E-state index contributed by atoms with van der Waals surface area (Å²) in [5.41, 5.74) is 6.20. The Balaban J connectivity index is 1.45. The highest BCUT2D eigenvalue weighted by Crippen LogP contribution is 2.29. The lowest BCUT2D eigenvalue weighted by molar-refractivity contribution is -0.117. The predicted octanol–water partition coefficient (Wildman–Crippen LogP) is 7.87. The van der Waals surface area contributed by atoms with Crippen LogP contribution in [0.15, 0.2) is 109 Å². The van der Waals surface area contributed by atoms with E-state index in [-0.39, 0.29) is 11.8 Å². The van der Waals surface area contributed by atoms with Crippen LogP contribution in [0.4, 0.5) is 5.69 Å². The summed E-state index contributed by atoms with van der Waals surface area (Å²) in [7, 11) is 0. The summed E-state index contributed by atoms with van der Waals surface area (Å²) in [4.78, 5) is 25.3. The van der Waals surface area contributed by atoms with Crippen molar-refractivity contribution in [3.63, 3.8) is 0 Å². The van der Waals surface area contributed by atoms with E-state index in [0.29, 0.717) is 18.6 Å². The fourth-order valence-electron chi connectivity index (χ4n) is 4.89. The van der Waals surface area contributed by atoms with Crippen LogP contribution in [0.1, 0.15) is 51.0 Å². The fraction of sp³-hybridized carbons (Fsp3) is 0.143. The maximum atomic E-state index is 13.6. The number of fused-ring (bicyclic) bond motifs is 1. The van der Waals surface area contributed by atoms with Crippen molar-refractivity contribution in [1.29, 1.82) is 0 Å². The first-order chi connectivity index (χ1) is 19.0. The number of amides is 1. The molecule has 0 fully saturated rings. The fourth-order valence-corrected chi connectivity index (χ4v) is 4.89. The van der Waals surface area contributed by atoms with Gasteiger partial charge in [0.05, 0.1) is 5.92 Å². The number of para-hydroxylation sites is 1. The van der Waals surface area contributed by atoms with Crippen molar-refractivity contribution in [1.82, 2.24) is 0 Å². The maximum Gasteiger partial charge on any atom is 0.231 e. The number of nitrogens with one attached hydrogen (secondary N) is 1. The number of rotatable bonds is 9. The van der Waals surface area contributed by atoms with Crippen molar-refractivity contribution in [2.75, 3.05) is 5.32 Å². The number of hydrogen-bond acceptors (Lipinski definition) is 3. The van der Waals surface area contributed by atoms with E-state index in [9.17, 15) is 9.59 Å². The molecule has 1 atom stereocenters. The number of carbonyl (C=O) groups is 2. The van der Waals surface area contributed by atoms with Crippen molar-refractivity contribution >= 4 is 28.7 Å². The molecule has 5 aromatic rings. The first-order valence-corrected chi connectivity index (χ1v) is 13.2. The molecule has 0 aliphatic heterocycles. The van der Waals surface area contributed by atoms with Gasteiger partial charge in [-0.3, -0.25) is 9.59 Å². The van der Waals surface area contributed by atoms with Crippen LogP contribution >= 0.6 is 0 Å². The topological polar surface area (TPSA) is 55.4 Å². The molecule has 1 unspecified atom stereocenters. The molecule has 1 N–H and O–H groups in total. The molecule has 5 aromatic carbocycles. The van der Waals surface area contributed by atoms with Crippen molar-refractivity contribution in [2.45, 2.75) is 32.8 Å². The van der Waals surface area contributed by atoms with Gasteiger partial charge >= 0.3 is 0 Å². The van der Waals surface area contributed by atoms with Crippen LogP contribution < -0.4 is 10.1 Å². The van der Waals surface area contributed by atoms with Gasteiger partial charge in [-0.25, -0.2) is 0 Å². The van der Waals surface area contributed by atoms with Gasteiger partial charge in [-0.2, -0.15) is 0 Å². The number of aldehydes is 1. The average molecular weight is 514 g/mol. The van der Waals surface area contributed by atoms with Gasteiger partial charge in [0.2, 0.25) is 5.91 Å². The van der Waals surface area contributed by atoms with E-state index >= 15 is 0 Å². The molecule has 4 heteroatoms. The molecule has 0 saturated heterocycles. The minimum absolute atomic E-state index is 0.0896. The number of hydrogen-bond donors (Lipinski definition) is 1. The first-order valence-electron chi connectivity index (χ1n) is 13.2. The minimum Gasteiger partial charge on any atom is -0.489 e. The van der Waals surface area contributed by atoms with Gasteiger partial charge in [0.25, 0.3) is 0 Å². The van der Waals surface area contributed by atoms with Crippen LogP contribution in [0.2, 0.25) is 0 Å². The number of benzene rings is 5. The van der Waals surface area contributed by atoms with E-state index in [0.717, 1.165) is 56.3 Å². The average Bonchev–Trinajstić information content (AvgIpc) is 2.97. The van der Waals surface area contributed by atoms with E-state index < -0.39 is 0 Å². The van der Waals surface area contributed by atoms with Gasteiger partial charge in [-0.05, 0) is 64.6 Å². The quantitative estimate of drug-likeness (QED) is 0.204. The van der Waals surface area contributed by atoms with Gasteiger partial charge in [0, 0.05) is 17.7 Å². The third kappa shape index (κ3) is 5.91.